The van der Waals surface area contributed by atoms with Crippen LogP contribution in [0.5, 0.6) is 0 Å². The molecule has 0 bridgehead atoms. The standard InChI is InChI=1S/C17H11BrN2O3/c1-9-4-2-7-13-15(9)19-12-6-3-5-11(18)10(12)8-14(19)16(21)20(13)17(22)23/h2-8H,1H3,(H,22,23). The van der Waals surface area contributed by atoms with Crippen LogP contribution in [-0.2, 0) is 0 Å². The third kappa shape index (κ3) is 1.78. The monoisotopic (exact) mass is 370 g/mol. The van der Waals surface area contributed by atoms with Crippen LogP contribution in [0.3, 0.4) is 0 Å². The summed E-state index contributed by atoms with van der Waals surface area (Å²) < 4.78 is 3.51. The Morgan fingerprint density at radius 2 is 1.78 bits per heavy atom. The number of hydrogen-bond acceptors (Lipinski definition) is 2. The van der Waals surface area contributed by atoms with Crippen LogP contribution < -0.4 is 5.56 Å². The molecule has 23 heavy (non-hydrogen) atoms. The second-order valence-electron chi connectivity index (χ2n) is 5.40. The second kappa shape index (κ2) is 4.70. The number of nitrogens with zero attached hydrogens (tertiary/aromatic N) is 2. The molecule has 6 heteroatoms. The van der Waals surface area contributed by atoms with E-state index in [0.29, 0.717) is 11.0 Å². The molecule has 0 aliphatic rings. The number of carboxylic acid groups (broad SMARTS) is 1. The van der Waals surface area contributed by atoms with Gasteiger partial charge < -0.3 is 9.51 Å². The topological polar surface area (TPSA) is 63.7 Å². The van der Waals surface area contributed by atoms with Gasteiger partial charge in [0.1, 0.15) is 5.52 Å². The molecule has 0 saturated carbocycles. The van der Waals surface area contributed by atoms with Crippen molar-refractivity contribution in [1.82, 2.24) is 8.97 Å². The first-order chi connectivity index (χ1) is 11.0. The van der Waals surface area contributed by atoms with E-state index in [-0.39, 0.29) is 0 Å². The number of fused-ring (bicyclic) bond motifs is 5. The quantitative estimate of drug-likeness (QED) is 0.508. The van der Waals surface area contributed by atoms with Gasteiger partial charge in [0.15, 0.2) is 0 Å². The lowest BCUT2D eigenvalue weighted by molar-refractivity contribution is 0.196. The summed E-state index contributed by atoms with van der Waals surface area (Å²) in [4.78, 5) is 24.3. The van der Waals surface area contributed by atoms with E-state index in [2.05, 4.69) is 15.9 Å². The van der Waals surface area contributed by atoms with Crippen molar-refractivity contribution in [1.29, 1.82) is 0 Å². The summed E-state index contributed by atoms with van der Waals surface area (Å²) in [5.74, 6) is 0. The molecular formula is C17H11BrN2O3. The van der Waals surface area contributed by atoms with Crippen LogP contribution in [0.25, 0.3) is 27.5 Å². The summed E-state index contributed by atoms with van der Waals surface area (Å²) in [6, 6.07) is 12.8. The molecular weight excluding hydrogens is 360 g/mol. The molecule has 4 rings (SSSR count). The highest BCUT2D eigenvalue weighted by Gasteiger charge is 2.19. The van der Waals surface area contributed by atoms with Crippen LogP contribution in [0.1, 0.15) is 5.56 Å². The van der Waals surface area contributed by atoms with E-state index in [4.69, 9.17) is 0 Å². The molecule has 0 unspecified atom stereocenters. The molecule has 0 fully saturated rings. The minimum atomic E-state index is -1.28. The fraction of sp³-hybridized carbons (Fsp3) is 0.0588. The number of halogens is 1. The van der Waals surface area contributed by atoms with Crippen molar-refractivity contribution in [2.45, 2.75) is 6.92 Å². The van der Waals surface area contributed by atoms with Gasteiger partial charge in [-0.25, -0.2) is 9.36 Å². The maximum atomic E-state index is 12.7. The zero-order chi connectivity index (χ0) is 16.3. The van der Waals surface area contributed by atoms with Gasteiger partial charge in [-0.1, -0.05) is 34.1 Å². The molecule has 2 aromatic heterocycles. The highest BCUT2D eigenvalue weighted by atomic mass is 79.9. The molecule has 5 nitrogen and oxygen atoms in total. The fourth-order valence-corrected chi connectivity index (χ4v) is 3.59. The minimum Gasteiger partial charge on any atom is -0.464 e. The zero-order valence-electron chi connectivity index (χ0n) is 12.1. The normalized spacial score (nSPS) is 11.6. The Morgan fingerprint density at radius 3 is 2.52 bits per heavy atom. The summed E-state index contributed by atoms with van der Waals surface area (Å²) in [6.07, 6.45) is -1.28. The lowest BCUT2D eigenvalue weighted by atomic mass is 10.2. The number of benzene rings is 2. The van der Waals surface area contributed by atoms with Crippen molar-refractivity contribution >= 4 is 49.5 Å². The van der Waals surface area contributed by atoms with E-state index in [1.54, 1.807) is 18.2 Å². The van der Waals surface area contributed by atoms with Crippen LogP contribution in [0.15, 0.2) is 51.7 Å². The van der Waals surface area contributed by atoms with E-state index < -0.39 is 11.7 Å². The highest BCUT2D eigenvalue weighted by molar-refractivity contribution is 9.10. The molecule has 2 aromatic carbocycles. The molecule has 4 aromatic rings. The summed E-state index contributed by atoms with van der Waals surface area (Å²) in [6.45, 7) is 1.91. The SMILES string of the molecule is Cc1cccc2c1n1c(cc3c(Br)cccc31)c(=O)n2C(=O)O. The molecule has 0 saturated heterocycles. The average Bonchev–Trinajstić information content (AvgIpc) is 2.88. The van der Waals surface area contributed by atoms with Gasteiger partial charge in [-0.05, 0) is 36.8 Å². The number of carbonyl (C=O) groups is 1. The number of para-hydroxylation sites is 1. The second-order valence-corrected chi connectivity index (χ2v) is 6.26. The van der Waals surface area contributed by atoms with E-state index in [1.165, 1.54) is 0 Å². The van der Waals surface area contributed by atoms with Gasteiger partial charge in [0, 0.05) is 9.86 Å². The third-order valence-corrected chi connectivity index (χ3v) is 4.78. The Balaban J connectivity index is 2.46. The fourth-order valence-electron chi connectivity index (χ4n) is 3.12. The molecule has 0 radical (unpaired) electrons. The highest BCUT2D eigenvalue weighted by Crippen LogP contribution is 2.30. The first-order valence-electron chi connectivity index (χ1n) is 6.98. The van der Waals surface area contributed by atoms with Gasteiger partial charge in [0.2, 0.25) is 0 Å². The summed E-state index contributed by atoms with van der Waals surface area (Å²) in [5.41, 5.74) is 2.67. The van der Waals surface area contributed by atoms with Gasteiger partial charge in [-0.2, -0.15) is 0 Å². The minimum absolute atomic E-state index is 0.344. The van der Waals surface area contributed by atoms with Gasteiger partial charge >= 0.3 is 6.09 Å². The van der Waals surface area contributed by atoms with Crippen molar-refractivity contribution in [3.05, 3.63) is 62.9 Å². The van der Waals surface area contributed by atoms with Crippen LogP contribution in [0.2, 0.25) is 0 Å². The Labute approximate surface area is 138 Å². The number of aromatic nitrogens is 2. The Morgan fingerprint density at radius 1 is 1.09 bits per heavy atom. The summed E-state index contributed by atoms with van der Waals surface area (Å²) >= 11 is 3.49. The number of aryl methyl sites for hydroxylation is 1. The van der Waals surface area contributed by atoms with E-state index in [1.807, 2.05) is 35.6 Å². The van der Waals surface area contributed by atoms with Crippen molar-refractivity contribution in [2.24, 2.45) is 0 Å². The average molecular weight is 371 g/mol. The zero-order valence-corrected chi connectivity index (χ0v) is 13.7. The van der Waals surface area contributed by atoms with Crippen molar-refractivity contribution in [3.63, 3.8) is 0 Å². The third-order valence-electron chi connectivity index (χ3n) is 4.09. The van der Waals surface area contributed by atoms with Crippen LogP contribution in [0, 0.1) is 6.92 Å². The predicted octanol–water partition coefficient (Wildman–Crippen LogP) is 4.00. The molecule has 114 valence electrons. The molecule has 0 spiro atoms. The summed E-state index contributed by atoms with van der Waals surface area (Å²) in [5, 5.41) is 10.4. The number of rotatable bonds is 0. The van der Waals surface area contributed by atoms with E-state index in [0.717, 1.165) is 31.0 Å². The van der Waals surface area contributed by atoms with Gasteiger partial charge in [-0.3, -0.25) is 4.79 Å². The maximum Gasteiger partial charge on any atom is 0.419 e. The van der Waals surface area contributed by atoms with Crippen LogP contribution in [0.4, 0.5) is 4.79 Å². The predicted molar refractivity (Wildman–Crippen MR) is 92.5 cm³/mol. The van der Waals surface area contributed by atoms with Gasteiger partial charge in [-0.15, -0.1) is 0 Å². The molecule has 0 aliphatic carbocycles. The summed E-state index contributed by atoms with van der Waals surface area (Å²) in [7, 11) is 0. The van der Waals surface area contributed by atoms with Crippen molar-refractivity contribution in [3.8, 4) is 0 Å². The number of hydrogen-bond donors (Lipinski definition) is 1. The first kappa shape index (κ1) is 14.0. The molecule has 0 amide bonds. The van der Waals surface area contributed by atoms with E-state index >= 15 is 0 Å². The Bertz CT molecular complexity index is 1190. The Hall–Kier alpha value is -2.60. The van der Waals surface area contributed by atoms with Crippen molar-refractivity contribution in [2.75, 3.05) is 0 Å². The molecule has 0 atom stereocenters. The van der Waals surface area contributed by atoms with Crippen LogP contribution >= 0.6 is 15.9 Å². The van der Waals surface area contributed by atoms with Crippen molar-refractivity contribution < 1.29 is 9.90 Å². The van der Waals surface area contributed by atoms with E-state index in [9.17, 15) is 14.7 Å². The lowest BCUT2D eigenvalue weighted by Crippen LogP contribution is -2.27. The smallest absolute Gasteiger partial charge is 0.419 e. The largest absolute Gasteiger partial charge is 0.464 e. The van der Waals surface area contributed by atoms with Gasteiger partial charge in [0.05, 0.1) is 16.6 Å². The maximum absolute atomic E-state index is 12.7. The first-order valence-corrected chi connectivity index (χ1v) is 7.77. The molecule has 0 aliphatic heterocycles. The molecule has 2 heterocycles. The Kier molecular flexibility index (Phi) is 2.86. The molecule has 1 N–H and O–H groups in total. The van der Waals surface area contributed by atoms with Gasteiger partial charge in [0.25, 0.3) is 5.56 Å². The van der Waals surface area contributed by atoms with Crippen LogP contribution in [-0.4, -0.2) is 20.2 Å². The lowest BCUT2D eigenvalue weighted by Gasteiger charge is -2.11.